The molecule has 5 aromatic rings. The van der Waals surface area contributed by atoms with Crippen LogP contribution in [0.5, 0.6) is 0 Å². The van der Waals surface area contributed by atoms with Gasteiger partial charge in [-0.3, -0.25) is 0 Å². The third kappa shape index (κ3) is 8.77. The molecule has 10 heteroatoms. The van der Waals surface area contributed by atoms with E-state index in [-0.39, 0.29) is 25.5 Å². The van der Waals surface area contributed by atoms with Crippen molar-refractivity contribution in [3.63, 3.8) is 0 Å². The number of aliphatic hydroxyl groups is 2. The van der Waals surface area contributed by atoms with Crippen molar-refractivity contribution in [2.24, 2.45) is 0 Å². The lowest BCUT2D eigenvalue weighted by molar-refractivity contribution is -0.296. The first kappa shape index (κ1) is 36.5. The molecule has 51 heavy (non-hydrogen) atoms. The molecular formula is C41H49N3O7. The monoisotopic (exact) mass is 695 g/mol. The number of rotatable bonds is 17. The molecule has 6 atom stereocenters. The fourth-order valence-corrected chi connectivity index (χ4v) is 6.94. The second-order valence-electron chi connectivity index (χ2n) is 13.5. The number of carbonyl (C=O) groups is 1. The Morgan fingerprint density at radius 2 is 1.51 bits per heavy atom. The predicted octanol–water partition coefficient (Wildman–Crippen LogP) is 6.60. The van der Waals surface area contributed by atoms with E-state index in [1.165, 1.54) is 6.20 Å². The van der Waals surface area contributed by atoms with Gasteiger partial charge in [0.2, 0.25) is 5.82 Å². The number of para-hydroxylation sites is 1. The highest BCUT2D eigenvalue weighted by atomic mass is 16.6. The number of unbranched alkanes of at least 4 members (excludes halogenated alkanes) is 3. The van der Waals surface area contributed by atoms with Gasteiger partial charge in [0.15, 0.2) is 6.10 Å². The van der Waals surface area contributed by atoms with E-state index in [1.54, 1.807) is 6.92 Å². The molecule has 0 spiro atoms. The number of aliphatic hydroxyl groups excluding tert-OH is 1. The second-order valence-corrected chi connectivity index (χ2v) is 13.5. The van der Waals surface area contributed by atoms with Gasteiger partial charge in [-0.2, -0.15) is 0 Å². The Hall–Kier alpha value is -4.32. The lowest BCUT2D eigenvalue weighted by Crippen LogP contribution is -2.73. The second kappa shape index (κ2) is 17.3. The van der Waals surface area contributed by atoms with E-state index >= 15 is 0 Å². The van der Waals surface area contributed by atoms with Gasteiger partial charge in [0.05, 0.1) is 13.2 Å². The largest absolute Gasteiger partial charge is 0.450 e. The molecule has 0 saturated heterocycles. The lowest BCUT2D eigenvalue weighted by atomic mass is 9.71. The summed E-state index contributed by atoms with van der Waals surface area (Å²) in [6.45, 7) is 4.61. The van der Waals surface area contributed by atoms with Crippen LogP contribution < -0.4 is 0 Å². The van der Waals surface area contributed by atoms with Crippen molar-refractivity contribution in [3.8, 4) is 0 Å². The van der Waals surface area contributed by atoms with Crippen LogP contribution in [0.15, 0.2) is 97.3 Å². The van der Waals surface area contributed by atoms with Gasteiger partial charge in [-0.1, -0.05) is 105 Å². The number of hydrogen-bond donors (Lipinski definition) is 4. The smallest absolute Gasteiger partial charge is 0.374 e. The molecular weight excluding hydrogens is 646 g/mol. The van der Waals surface area contributed by atoms with Crippen molar-refractivity contribution in [2.75, 3.05) is 6.61 Å². The highest BCUT2D eigenvalue weighted by molar-refractivity contribution is 5.85. The zero-order chi connectivity index (χ0) is 35.6. The number of hydrogen-bond acceptors (Lipinski definition) is 8. The van der Waals surface area contributed by atoms with Gasteiger partial charge in [-0.05, 0) is 48.9 Å². The number of esters is 1. The van der Waals surface area contributed by atoms with Crippen molar-refractivity contribution in [2.45, 2.75) is 102 Å². The number of ether oxygens (including phenoxy) is 4. The molecule has 10 nitrogen and oxygen atoms in total. The van der Waals surface area contributed by atoms with E-state index in [1.807, 2.05) is 91.1 Å². The summed E-state index contributed by atoms with van der Waals surface area (Å²) in [4.78, 5) is 24.2. The number of fused-ring (bicyclic) bond motifs is 1. The maximum absolute atomic E-state index is 13.7. The average molecular weight is 696 g/mol. The minimum absolute atomic E-state index is 0.0150. The van der Waals surface area contributed by atoms with E-state index in [2.05, 4.69) is 21.9 Å². The molecule has 0 radical (unpaired) electrons. The molecule has 2 heterocycles. The van der Waals surface area contributed by atoms with Gasteiger partial charge in [0.1, 0.15) is 30.0 Å². The SMILES string of the molecule is CCCCCCOC1C(OCc2ccccc2)C(OCc2ccccc2)C(OC(=O)c2ncc(C)[nH]2)C(O)(CCc2c[nH]c3ccccc23)C1O. The van der Waals surface area contributed by atoms with Crippen LogP contribution in [-0.4, -0.2) is 73.9 Å². The average Bonchev–Trinajstić information content (AvgIpc) is 3.79. The lowest BCUT2D eigenvalue weighted by Gasteiger charge is -2.52. The van der Waals surface area contributed by atoms with Crippen LogP contribution in [0.2, 0.25) is 0 Å². The Kier molecular flexibility index (Phi) is 12.3. The number of nitrogens with zero attached hydrogens (tertiary/aromatic N) is 1. The predicted molar refractivity (Wildman–Crippen MR) is 194 cm³/mol. The van der Waals surface area contributed by atoms with Crippen molar-refractivity contribution in [3.05, 3.63) is 126 Å². The van der Waals surface area contributed by atoms with Crippen LogP contribution in [0.4, 0.5) is 0 Å². The molecule has 1 saturated carbocycles. The highest BCUT2D eigenvalue weighted by Crippen LogP contribution is 2.41. The summed E-state index contributed by atoms with van der Waals surface area (Å²) in [7, 11) is 0. The van der Waals surface area contributed by atoms with E-state index in [0.29, 0.717) is 18.7 Å². The molecule has 0 amide bonds. The first-order valence-electron chi connectivity index (χ1n) is 18.0. The molecule has 1 fully saturated rings. The summed E-state index contributed by atoms with van der Waals surface area (Å²) in [5, 5.41) is 26.2. The summed E-state index contributed by atoms with van der Waals surface area (Å²) < 4.78 is 26.0. The topological polar surface area (TPSA) is 139 Å². The fourth-order valence-electron chi connectivity index (χ4n) is 6.94. The molecule has 2 aromatic heterocycles. The summed E-state index contributed by atoms with van der Waals surface area (Å²) in [5.41, 5.74) is 2.40. The summed E-state index contributed by atoms with van der Waals surface area (Å²) >= 11 is 0. The van der Waals surface area contributed by atoms with Crippen LogP contribution in [0.25, 0.3) is 10.9 Å². The minimum atomic E-state index is -2.00. The molecule has 270 valence electrons. The zero-order valence-electron chi connectivity index (χ0n) is 29.4. The number of benzene rings is 3. The van der Waals surface area contributed by atoms with Crippen molar-refractivity contribution < 1.29 is 34.0 Å². The highest BCUT2D eigenvalue weighted by Gasteiger charge is 2.62. The van der Waals surface area contributed by atoms with Crippen molar-refractivity contribution in [1.82, 2.24) is 15.0 Å². The molecule has 0 aliphatic heterocycles. The maximum atomic E-state index is 13.7. The first-order chi connectivity index (χ1) is 24.9. The Morgan fingerprint density at radius 3 is 2.18 bits per heavy atom. The van der Waals surface area contributed by atoms with Crippen LogP contribution in [0.3, 0.4) is 0 Å². The summed E-state index contributed by atoms with van der Waals surface area (Å²) in [6.07, 6.45) is 1.93. The summed E-state index contributed by atoms with van der Waals surface area (Å²) in [6, 6.07) is 27.3. The molecule has 1 aliphatic rings. The van der Waals surface area contributed by atoms with Gasteiger partial charge in [-0.25, -0.2) is 9.78 Å². The van der Waals surface area contributed by atoms with Crippen LogP contribution in [0, 0.1) is 6.92 Å². The Morgan fingerprint density at radius 1 is 0.843 bits per heavy atom. The first-order valence-corrected chi connectivity index (χ1v) is 18.0. The number of aromatic nitrogens is 3. The van der Waals surface area contributed by atoms with Crippen molar-refractivity contribution >= 4 is 16.9 Å². The van der Waals surface area contributed by atoms with E-state index in [9.17, 15) is 15.0 Å². The quantitative estimate of drug-likeness (QED) is 0.0631. The van der Waals surface area contributed by atoms with Crippen molar-refractivity contribution in [1.29, 1.82) is 0 Å². The number of carbonyl (C=O) groups excluding carboxylic acids is 1. The van der Waals surface area contributed by atoms with E-state index < -0.39 is 42.1 Å². The van der Waals surface area contributed by atoms with Gasteiger partial charge in [0.25, 0.3) is 0 Å². The molecule has 6 unspecified atom stereocenters. The number of nitrogens with one attached hydrogen (secondary N) is 2. The molecule has 0 bridgehead atoms. The number of H-pyrrole nitrogens is 2. The van der Waals surface area contributed by atoms with Crippen LogP contribution in [-0.2, 0) is 38.6 Å². The Labute approximate surface area is 299 Å². The minimum Gasteiger partial charge on any atom is -0.450 e. The van der Waals surface area contributed by atoms with Gasteiger partial charge < -0.3 is 39.1 Å². The summed E-state index contributed by atoms with van der Waals surface area (Å²) in [5.74, 6) is -0.793. The molecule has 6 rings (SSSR count). The molecule has 1 aliphatic carbocycles. The van der Waals surface area contributed by atoms with E-state index in [4.69, 9.17) is 18.9 Å². The molecule has 3 aromatic carbocycles. The third-order valence-electron chi connectivity index (χ3n) is 9.74. The Bertz CT molecular complexity index is 1810. The maximum Gasteiger partial charge on any atom is 0.374 e. The fraction of sp³-hybridized carbons (Fsp3) is 0.415. The van der Waals surface area contributed by atoms with Gasteiger partial charge in [0, 0.05) is 35.6 Å². The van der Waals surface area contributed by atoms with Gasteiger partial charge >= 0.3 is 5.97 Å². The Balaban J connectivity index is 1.39. The number of imidazole rings is 1. The van der Waals surface area contributed by atoms with E-state index in [0.717, 1.165) is 53.3 Å². The van der Waals surface area contributed by atoms with Crippen LogP contribution in [0.1, 0.15) is 72.0 Å². The van der Waals surface area contributed by atoms with Gasteiger partial charge in [-0.15, -0.1) is 0 Å². The number of aryl methyl sites for hydroxylation is 2. The molecule has 4 N–H and O–H groups in total. The third-order valence-corrected chi connectivity index (χ3v) is 9.74. The standard InChI is InChI=1S/C41H49N3O7/c1-3-4-5-14-23-48-35-34(49-26-29-15-8-6-9-16-29)36(50-27-30-17-10-7-11-18-30)38(51-40(46)39-43-24-28(2)44-39)41(47,37(35)45)22-21-31-25-42-33-20-13-12-19-32(31)33/h6-13,15-20,24-25,34-38,42,45,47H,3-5,14,21-23,26-27H2,1-2H3,(H,43,44). The zero-order valence-corrected chi connectivity index (χ0v) is 29.4. The van der Waals surface area contributed by atoms with Crippen LogP contribution >= 0.6 is 0 Å². The number of aromatic amines is 2. The normalized spacial score (nSPS) is 23.4.